The van der Waals surface area contributed by atoms with Crippen LogP contribution < -0.4 is 0 Å². The van der Waals surface area contributed by atoms with Crippen LogP contribution in [-0.4, -0.2) is 23.1 Å². The minimum absolute atomic E-state index is 0.223. The molecule has 3 heteroatoms. The Kier molecular flexibility index (Phi) is 3.34. The molecule has 0 atom stereocenters. The second kappa shape index (κ2) is 4.73. The maximum Gasteiger partial charge on any atom is 0.128 e. The summed E-state index contributed by atoms with van der Waals surface area (Å²) in [4.78, 5) is 2.36. The van der Waals surface area contributed by atoms with Crippen molar-refractivity contribution in [2.45, 2.75) is 26.0 Å². The van der Waals surface area contributed by atoms with E-state index in [9.17, 15) is 4.39 Å². The van der Waals surface area contributed by atoms with Crippen LogP contribution in [-0.2, 0) is 13.2 Å². The summed E-state index contributed by atoms with van der Waals surface area (Å²) in [5.74, 6) is -0.317. The molecule has 0 unspecified atom stereocenters. The second-order valence-electron chi connectivity index (χ2n) is 4.07. The van der Waals surface area contributed by atoms with Gasteiger partial charge in [0.05, 0.1) is 6.61 Å². The third-order valence-corrected chi connectivity index (χ3v) is 2.89. The van der Waals surface area contributed by atoms with Crippen LogP contribution >= 0.6 is 0 Å². The lowest BCUT2D eigenvalue weighted by Gasteiger charge is -2.15. The van der Waals surface area contributed by atoms with Gasteiger partial charge in [-0.15, -0.1) is 0 Å². The molecule has 1 N–H and O–H groups in total. The summed E-state index contributed by atoms with van der Waals surface area (Å²) in [6, 6.07) is 5.00. The molecule has 1 aromatic rings. The molecule has 1 fully saturated rings. The Hall–Kier alpha value is -0.930. The molecule has 1 aliphatic heterocycles. The molecule has 1 saturated heterocycles. The first-order chi connectivity index (χ1) is 7.29. The van der Waals surface area contributed by atoms with Crippen LogP contribution in [0.2, 0.25) is 0 Å². The van der Waals surface area contributed by atoms with Crippen molar-refractivity contribution in [1.82, 2.24) is 4.90 Å². The largest absolute Gasteiger partial charge is 0.392 e. The molecule has 0 bridgehead atoms. The first-order valence-corrected chi connectivity index (χ1v) is 5.40. The number of nitrogens with zero attached hydrogens (tertiary/aromatic N) is 1. The molecular formula is C12H16FNO. The maximum atomic E-state index is 13.1. The Morgan fingerprint density at radius 3 is 2.67 bits per heavy atom. The normalized spacial score (nSPS) is 17.2. The monoisotopic (exact) mass is 209 g/mol. The predicted molar refractivity (Wildman–Crippen MR) is 56.8 cm³/mol. The van der Waals surface area contributed by atoms with E-state index in [4.69, 9.17) is 5.11 Å². The molecule has 0 amide bonds. The Labute approximate surface area is 89.3 Å². The SMILES string of the molecule is OCc1cc(CN2CCCC2)ccc1F. The Morgan fingerprint density at radius 1 is 1.27 bits per heavy atom. The summed E-state index contributed by atoms with van der Waals surface area (Å²) in [7, 11) is 0. The van der Waals surface area contributed by atoms with Gasteiger partial charge in [-0.1, -0.05) is 6.07 Å². The molecule has 0 aliphatic carbocycles. The highest BCUT2D eigenvalue weighted by Gasteiger charge is 2.12. The van der Waals surface area contributed by atoms with E-state index in [0.717, 1.165) is 25.2 Å². The van der Waals surface area contributed by atoms with Gasteiger partial charge in [0.25, 0.3) is 0 Å². The lowest BCUT2D eigenvalue weighted by atomic mass is 10.1. The van der Waals surface area contributed by atoms with Crippen molar-refractivity contribution in [3.05, 3.63) is 35.1 Å². The summed E-state index contributed by atoms with van der Waals surface area (Å²) < 4.78 is 13.1. The zero-order valence-electron chi connectivity index (χ0n) is 8.75. The van der Waals surface area contributed by atoms with Crippen molar-refractivity contribution in [3.8, 4) is 0 Å². The number of likely N-dealkylation sites (tertiary alicyclic amines) is 1. The van der Waals surface area contributed by atoms with Gasteiger partial charge in [-0.2, -0.15) is 0 Å². The smallest absolute Gasteiger partial charge is 0.128 e. The zero-order valence-corrected chi connectivity index (χ0v) is 8.75. The molecule has 2 rings (SSSR count). The number of rotatable bonds is 3. The molecule has 1 aromatic carbocycles. The van der Waals surface area contributed by atoms with E-state index in [2.05, 4.69) is 4.90 Å². The summed E-state index contributed by atoms with van der Waals surface area (Å²) in [5, 5.41) is 8.95. The van der Waals surface area contributed by atoms with E-state index in [1.807, 2.05) is 0 Å². The highest BCUT2D eigenvalue weighted by Crippen LogP contribution is 2.15. The summed E-state index contributed by atoms with van der Waals surface area (Å²) in [5.41, 5.74) is 1.48. The Morgan fingerprint density at radius 2 is 2.00 bits per heavy atom. The van der Waals surface area contributed by atoms with Crippen molar-refractivity contribution in [2.24, 2.45) is 0 Å². The third-order valence-electron chi connectivity index (χ3n) is 2.89. The van der Waals surface area contributed by atoms with Crippen LogP contribution in [0.15, 0.2) is 18.2 Å². The van der Waals surface area contributed by atoms with Gasteiger partial charge in [0.2, 0.25) is 0 Å². The fourth-order valence-electron chi connectivity index (χ4n) is 2.05. The van der Waals surface area contributed by atoms with Crippen LogP contribution in [0.1, 0.15) is 24.0 Å². The number of hydrogen-bond acceptors (Lipinski definition) is 2. The first kappa shape index (κ1) is 10.6. The summed E-state index contributed by atoms with van der Waals surface area (Å²) in [6.45, 7) is 2.91. The second-order valence-corrected chi connectivity index (χ2v) is 4.07. The average Bonchev–Trinajstić information content (AvgIpc) is 2.73. The predicted octanol–water partition coefficient (Wildman–Crippen LogP) is 1.91. The van der Waals surface area contributed by atoms with Gasteiger partial charge in [-0.25, -0.2) is 4.39 Å². The molecule has 2 nitrogen and oxygen atoms in total. The minimum atomic E-state index is -0.317. The highest BCUT2D eigenvalue weighted by atomic mass is 19.1. The van der Waals surface area contributed by atoms with Crippen LogP contribution in [0, 0.1) is 5.82 Å². The van der Waals surface area contributed by atoms with Crippen LogP contribution in [0.4, 0.5) is 4.39 Å². The summed E-state index contributed by atoms with van der Waals surface area (Å²) in [6.07, 6.45) is 2.52. The molecule has 0 spiro atoms. The number of hydrogen-bond donors (Lipinski definition) is 1. The van der Waals surface area contributed by atoms with Gasteiger partial charge in [0.15, 0.2) is 0 Å². The fourth-order valence-corrected chi connectivity index (χ4v) is 2.05. The lowest BCUT2D eigenvalue weighted by molar-refractivity contribution is 0.275. The van der Waals surface area contributed by atoms with Crippen molar-refractivity contribution >= 4 is 0 Å². The quantitative estimate of drug-likeness (QED) is 0.822. The fraction of sp³-hybridized carbons (Fsp3) is 0.500. The van der Waals surface area contributed by atoms with Crippen molar-refractivity contribution < 1.29 is 9.50 Å². The van der Waals surface area contributed by atoms with E-state index < -0.39 is 0 Å². The lowest BCUT2D eigenvalue weighted by Crippen LogP contribution is -2.18. The van der Waals surface area contributed by atoms with Crippen LogP contribution in [0.5, 0.6) is 0 Å². The molecule has 0 saturated carbocycles. The highest BCUT2D eigenvalue weighted by molar-refractivity contribution is 5.24. The van der Waals surface area contributed by atoms with E-state index >= 15 is 0 Å². The molecular weight excluding hydrogens is 193 g/mol. The number of benzene rings is 1. The average molecular weight is 209 g/mol. The van der Waals surface area contributed by atoms with Crippen molar-refractivity contribution in [2.75, 3.05) is 13.1 Å². The Bertz CT molecular complexity index is 334. The van der Waals surface area contributed by atoms with Gasteiger partial charge in [0.1, 0.15) is 5.82 Å². The van der Waals surface area contributed by atoms with Crippen molar-refractivity contribution in [1.29, 1.82) is 0 Å². The number of aliphatic hydroxyl groups excluding tert-OH is 1. The number of halogens is 1. The van der Waals surface area contributed by atoms with E-state index in [0.29, 0.717) is 5.56 Å². The van der Waals surface area contributed by atoms with E-state index in [1.54, 1.807) is 12.1 Å². The summed E-state index contributed by atoms with van der Waals surface area (Å²) >= 11 is 0. The Balaban J connectivity index is 2.07. The molecule has 1 aliphatic rings. The van der Waals surface area contributed by atoms with Crippen LogP contribution in [0.25, 0.3) is 0 Å². The zero-order chi connectivity index (χ0) is 10.7. The van der Waals surface area contributed by atoms with Crippen molar-refractivity contribution in [3.63, 3.8) is 0 Å². The van der Waals surface area contributed by atoms with Gasteiger partial charge in [-0.05, 0) is 43.6 Å². The van der Waals surface area contributed by atoms with Gasteiger partial charge >= 0.3 is 0 Å². The first-order valence-electron chi connectivity index (χ1n) is 5.40. The third kappa shape index (κ3) is 2.55. The maximum absolute atomic E-state index is 13.1. The van der Waals surface area contributed by atoms with E-state index in [1.165, 1.54) is 18.9 Å². The van der Waals surface area contributed by atoms with Gasteiger partial charge < -0.3 is 5.11 Å². The number of aliphatic hydroxyl groups is 1. The van der Waals surface area contributed by atoms with E-state index in [-0.39, 0.29) is 12.4 Å². The molecule has 0 radical (unpaired) electrons. The van der Waals surface area contributed by atoms with Gasteiger partial charge in [0, 0.05) is 12.1 Å². The molecule has 15 heavy (non-hydrogen) atoms. The molecule has 82 valence electrons. The minimum Gasteiger partial charge on any atom is -0.392 e. The topological polar surface area (TPSA) is 23.5 Å². The van der Waals surface area contributed by atoms with Crippen LogP contribution in [0.3, 0.4) is 0 Å². The molecule has 1 heterocycles. The molecule has 0 aromatic heterocycles. The van der Waals surface area contributed by atoms with Gasteiger partial charge in [-0.3, -0.25) is 4.90 Å². The standard InChI is InChI=1S/C12H16FNO/c13-12-4-3-10(7-11(12)9-15)8-14-5-1-2-6-14/h3-4,7,15H,1-2,5-6,8-9H2.